The van der Waals surface area contributed by atoms with Crippen molar-refractivity contribution >= 4 is 17.5 Å². The molecule has 1 aliphatic carbocycles. The summed E-state index contributed by atoms with van der Waals surface area (Å²) in [5.74, 6) is 1.35. The van der Waals surface area contributed by atoms with Crippen molar-refractivity contribution in [2.75, 3.05) is 6.54 Å². The smallest absolute Gasteiger partial charge is 0.216 e. The predicted molar refractivity (Wildman–Crippen MR) is 73.0 cm³/mol. The highest BCUT2D eigenvalue weighted by Crippen LogP contribution is 2.33. The molecule has 96 valence electrons. The first-order valence-electron chi connectivity index (χ1n) is 6.46. The molecular formula is C14H17ClN2O. The van der Waals surface area contributed by atoms with Crippen molar-refractivity contribution in [1.29, 1.82) is 0 Å². The van der Waals surface area contributed by atoms with E-state index in [1.54, 1.807) is 0 Å². The number of ether oxygens (including phenoxy) is 1. The highest BCUT2D eigenvalue weighted by Gasteiger charge is 2.36. The summed E-state index contributed by atoms with van der Waals surface area (Å²) in [6.07, 6.45) is 3.50. The molecule has 1 saturated carbocycles. The average molecular weight is 265 g/mol. The van der Waals surface area contributed by atoms with Gasteiger partial charge in [-0.15, -0.1) is 0 Å². The number of hydrogen-bond donors (Lipinski definition) is 1. The third kappa shape index (κ3) is 2.25. The summed E-state index contributed by atoms with van der Waals surface area (Å²) in [6.45, 7) is 0.753. The van der Waals surface area contributed by atoms with Crippen LogP contribution >= 0.6 is 11.6 Å². The first-order valence-corrected chi connectivity index (χ1v) is 6.84. The molecule has 0 aromatic heterocycles. The summed E-state index contributed by atoms with van der Waals surface area (Å²) >= 11 is 5.88. The zero-order valence-electron chi connectivity index (χ0n) is 10.2. The van der Waals surface area contributed by atoms with E-state index in [1.165, 1.54) is 6.42 Å². The standard InChI is InChI=1S/C14H17ClN2O/c15-11-4-2-10(3-5-11)14-17-12-6-1-9(8-16)7-13(12)18-14/h2-5,9,12-13H,1,6-8,16H2. The second-order valence-corrected chi connectivity index (χ2v) is 5.52. The Morgan fingerprint density at radius 3 is 2.78 bits per heavy atom. The molecule has 0 bridgehead atoms. The minimum atomic E-state index is 0.220. The van der Waals surface area contributed by atoms with Crippen molar-refractivity contribution in [2.24, 2.45) is 16.6 Å². The lowest BCUT2D eigenvalue weighted by Gasteiger charge is -2.28. The van der Waals surface area contributed by atoms with Crippen LogP contribution in [0.15, 0.2) is 29.3 Å². The van der Waals surface area contributed by atoms with Gasteiger partial charge in [0.15, 0.2) is 0 Å². The van der Waals surface area contributed by atoms with Crippen molar-refractivity contribution in [1.82, 2.24) is 0 Å². The Labute approximate surface area is 112 Å². The molecule has 1 aromatic rings. The highest BCUT2D eigenvalue weighted by atomic mass is 35.5. The number of benzene rings is 1. The first-order chi connectivity index (χ1) is 8.76. The fourth-order valence-corrected chi connectivity index (χ4v) is 2.87. The van der Waals surface area contributed by atoms with Crippen molar-refractivity contribution in [3.63, 3.8) is 0 Å². The number of hydrogen-bond acceptors (Lipinski definition) is 3. The van der Waals surface area contributed by atoms with Crippen LogP contribution in [0.5, 0.6) is 0 Å². The molecule has 2 N–H and O–H groups in total. The van der Waals surface area contributed by atoms with E-state index in [2.05, 4.69) is 4.99 Å². The van der Waals surface area contributed by atoms with Crippen LogP contribution in [0.2, 0.25) is 5.02 Å². The van der Waals surface area contributed by atoms with Crippen LogP contribution in [0, 0.1) is 5.92 Å². The number of nitrogens with two attached hydrogens (primary N) is 1. The number of fused-ring (bicyclic) bond motifs is 1. The molecule has 3 atom stereocenters. The van der Waals surface area contributed by atoms with Gasteiger partial charge in [0, 0.05) is 10.6 Å². The lowest BCUT2D eigenvalue weighted by Crippen LogP contribution is -2.34. The Bertz CT molecular complexity index is 457. The van der Waals surface area contributed by atoms with E-state index >= 15 is 0 Å². The molecular weight excluding hydrogens is 248 g/mol. The molecule has 0 spiro atoms. The minimum Gasteiger partial charge on any atom is -0.472 e. The molecule has 3 rings (SSSR count). The summed E-state index contributed by atoms with van der Waals surface area (Å²) in [7, 11) is 0. The fraction of sp³-hybridized carbons (Fsp3) is 0.500. The van der Waals surface area contributed by atoms with Gasteiger partial charge in [-0.1, -0.05) is 11.6 Å². The molecule has 18 heavy (non-hydrogen) atoms. The maximum Gasteiger partial charge on any atom is 0.216 e. The van der Waals surface area contributed by atoms with Gasteiger partial charge < -0.3 is 10.5 Å². The Hall–Kier alpha value is -1.06. The van der Waals surface area contributed by atoms with Crippen molar-refractivity contribution in [3.05, 3.63) is 34.9 Å². The third-order valence-electron chi connectivity index (χ3n) is 3.84. The number of nitrogens with zero attached hydrogens (tertiary/aromatic N) is 1. The average Bonchev–Trinajstić information content (AvgIpc) is 2.82. The van der Waals surface area contributed by atoms with E-state index in [0.717, 1.165) is 35.9 Å². The van der Waals surface area contributed by atoms with Gasteiger partial charge in [0.2, 0.25) is 5.90 Å². The van der Waals surface area contributed by atoms with E-state index in [0.29, 0.717) is 12.0 Å². The molecule has 0 radical (unpaired) electrons. The zero-order chi connectivity index (χ0) is 12.5. The quantitative estimate of drug-likeness (QED) is 0.893. The molecule has 3 unspecified atom stereocenters. The maximum atomic E-state index is 5.97. The zero-order valence-corrected chi connectivity index (χ0v) is 10.9. The topological polar surface area (TPSA) is 47.6 Å². The Morgan fingerprint density at radius 1 is 1.28 bits per heavy atom. The minimum absolute atomic E-state index is 0.220. The van der Waals surface area contributed by atoms with Crippen molar-refractivity contribution in [2.45, 2.75) is 31.4 Å². The lowest BCUT2D eigenvalue weighted by atomic mass is 9.84. The monoisotopic (exact) mass is 264 g/mol. The van der Waals surface area contributed by atoms with Gasteiger partial charge in [-0.2, -0.15) is 0 Å². The maximum absolute atomic E-state index is 5.97. The van der Waals surface area contributed by atoms with Crippen molar-refractivity contribution in [3.8, 4) is 0 Å². The van der Waals surface area contributed by atoms with Crippen LogP contribution in [0.4, 0.5) is 0 Å². The van der Waals surface area contributed by atoms with E-state index in [9.17, 15) is 0 Å². The Morgan fingerprint density at radius 2 is 2.06 bits per heavy atom. The molecule has 1 heterocycles. The van der Waals surface area contributed by atoms with Gasteiger partial charge in [-0.3, -0.25) is 0 Å². The Balaban J connectivity index is 1.75. The summed E-state index contributed by atoms with van der Waals surface area (Å²) in [5.41, 5.74) is 6.75. The molecule has 1 aromatic carbocycles. The summed E-state index contributed by atoms with van der Waals surface area (Å²) < 4.78 is 5.97. The SMILES string of the molecule is NCC1CCC2N=C(c3ccc(Cl)cc3)OC2C1. The summed E-state index contributed by atoms with van der Waals surface area (Å²) in [4.78, 5) is 4.69. The second kappa shape index (κ2) is 4.90. The van der Waals surface area contributed by atoms with Gasteiger partial charge in [0.25, 0.3) is 0 Å². The van der Waals surface area contributed by atoms with Crippen LogP contribution in [0.1, 0.15) is 24.8 Å². The van der Waals surface area contributed by atoms with Crippen LogP contribution < -0.4 is 5.73 Å². The molecule has 0 saturated heterocycles. The number of aliphatic imine (C=N–C) groups is 1. The van der Waals surface area contributed by atoms with Gasteiger partial charge >= 0.3 is 0 Å². The van der Waals surface area contributed by atoms with Gasteiger partial charge in [0.05, 0.1) is 6.04 Å². The normalized spacial score (nSPS) is 30.6. The molecule has 2 aliphatic rings. The molecule has 1 aliphatic heterocycles. The van der Waals surface area contributed by atoms with Crippen molar-refractivity contribution < 1.29 is 4.74 Å². The molecule has 4 heteroatoms. The molecule has 1 fully saturated rings. The fourth-order valence-electron chi connectivity index (χ4n) is 2.74. The predicted octanol–water partition coefficient (Wildman–Crippen LogP) is 2.61. The first kappa shape index (κ1) is 12.0. The second-order valence-electron chi connectivity index (χ2n) is 5.08. The number of halogens is 1. The van der Waals surface area contributed by atoms with Gasteiger partial charge in [-0.25, -0.2) is 4.99 Å². The lowest BCUT2D eigenvalue weighted by molar-refractivity contribution is 0.123. The van der Waals surface area contributed by atoms with Gasteiger partial charge in [-0.05, 0) is 56.0 Å². The summed E-state index contributed by atoms with van der Waals surface area (Å²) in [5, 5.41) is 0.734. The van der Waals surface area contributed by atoms with Crippen LogP contribution in [0.25, 0.3) is 0 Å². The molecule has 3 nitrogen and oxygen atoms in total. The number of rotatable bonds is 2. The van der Waals surface area contributed by atoms with E-state index in [1.807, 2.05) is 24.3 Å². The van der Waals surface area contributed by atoms with Gasteiger partial charge in [0.1, 0.15) is 6.10 Å². The van der Waals surface area contributed by atoms with E-state index < -0.39 is 0 Å². The van der Waals surface area contributed by atoms with Crippen LogP contribution in [0.3, 0.4) is 0 Å². The van der Waals surface area contributed by atoms with Crippen LogP contribution in [-0.2, 0) is 4.74 Å². The largest absolute Gasteiger partial charge is 0.472 e. The summed E-state index contributed by atoms with van der Waals surface area (Å²) in [6, 6.07) is 7.97. The Kier molecular flexibility index (Phi) is 3.27. The van der Waals surface area contributed by atoms with E-state index in [4.69, 9.17) is 22.1 Å². The van der Waals surface area contributed by atoms with E-state index in [-0.39, 0.29) is 6.10 Å². The highest BCUT2D eigenvalue weighted by molar-refractivity contribution is 6.30. The molecule has 0 amide bonds. The van der Waals surface area contributed by atoms with Crippen LogP contribution in [-0.4, -0.2) is 24.6 Å². The third-order valence-corrected chi connectivity index (χ3v) is 4.09.